The minimum Gasteiger partial charge on any atom is -0.491 e. The maximum atomic E-state index is 12.0. The van der Waals surface area contributed by atoms with Crippen LogP contribution in [0.3, 0.4) is 0 Å². The number of benzene rings is 1. The maximum absolute atomic E-state index is 12.0. The first kappa shape index (κ1) is 15.5. The highest BCUT2D eigenvalue weighted by atomic mass is 16.5. The predicted molar refractivity (Wildman–Crippen MR) is 84.5 cm³/mol. The molecule has 1 amide bonds. The molecule has 4 nitrogen and oxygen atoms in total. The first-order valence-electron chi connectivity index (χ1n) is 7.75. The van der Waals surface area contributed by atoms with Crippen LogP contribution in [-0.4, -0.2) is 18.2 Å². The zero-order valence-electron chi connectivity index (χ0n) is 12.8. The number of hydrogen-bond donors (Lipinski definition) is 1. The van der Waals surface area contributed by atoms with E-state index in [1.54, 1.807) is 6.21 Å². The zero-order chi connectivity index (χ0) is 15.1. The summed E-state index contributed by atoms with van der Waals surface area (Å²) < 4.78 is 5.63. The van der Waals surface area contributed by atoms with E-state index in [-0.39, 0.29) is 17.9 Å². The third-order valence-electron chi connectivity index (χ3n) is 3.59. The maximum Gasteiger partial charge on any atom is 0.243 e. The van der Waals surface area contributed by atoms with Crippen LogP contribution in [0.25, 0.3) is 0 Å². The van der Waals surface area contributed by atoms with Gasteiger partial charge in [0.25, 0.3) is 0 Å². The number of nitrogens with one attached hydrogen (secondary N) is 1. The van der Waals surface area contributed by atoms with Crippen molar-refractivity contribution < 1.29 is 9.53 Å². The summed E-state index contributed by atoms with van der Waals surface area (Å²) in [7, 11) is 0. The molecule has 1 fully saturated rings. The Bertz CT molecular complexity index is 491. The lowest BCUT2D eigenvalue weighted by atomic mass is 9.89. The van der Waals surface area contributed by atoms with Gasteiger partial charge < -0.3 is 4.74 Å². The first-order valence-corrected chi connectivity index (χ1v) is 7.75. The number of carbonyl (C=O) groups excluding carboxylic acids is 1. The fourth-order valence-electron chi connectivity index (χ4n) is 2.57. The molecule has 0 spiro atoms. The second-order valence-corrected chi connectivity index (χ2v) is 5.81. The van der Waals surface area contributed by atoms with Crippen LogP contribution in [0.15, 0.2) is 29.4 Å². The molecule has 0 saturated heterocycles. The van der Waals surface area contributed by atoms with Crippen molar-refractivity contribution in [3.63, 3.8) is 0 Å². The molecule has 0 atom stereocenters. The van der Waals surface area contributed by atoms with Crippen molar-refractivity contribution in [2.24, 2.45) is 11.0 Å². The lowest BCUT2D eigenvalue weighted by Crippen LogP contribution is -2.28. The molecule has 0 radical (unpaired) electrons. The van der Waals surface area contributed by atoms with Crippen LogP contribution < -0.4 is 10.2 Å². The molecule has 1 N–H and O–H groups in total. The van der Waals surface area contributed by atoms with E-state index in [4.69, 9.17) is 4.74 Å². The monoisotopic (exact) mass is 288 g/mol. The van der Waals surface area contributed by atoms with Gasteiger partial charge in [0.1, 0.15) is 5.75 Å². The molecular weight excluding hydrogens is 264 g/mol. The van der Waals surface area contributed by atoms with Crippen LogP contribution in [0.2, 0.25) is 0 Å². The molecule has 0 aliphatic heterocycles. The average Bonchev–Trinajstić information content (AvgIpc) is 2.48. The van der Waals surface area contributed by atoms with Crippen molar-refractivity contribution >= 4 is 12.1 Å². The van der Waals surface area contributed by atoms with Crippen LogP contribution in [0.5, 0.6) is 5.75 Å². The number of hydrogen-bond acceptors (Lipinski definition) is 3. The number of hydrazone groups is 1. The van der Waals surface area contributed by atoms with Crippen LogP contribution in [0.1, 0.15) is 51.5 Å². The van der Waals surface area contributed by atoms with Gasteiger partial charge in [-0.1, -0.05) is 31.4 Å². The van der Waals surface area contributed by atoms with Gasteiger partial charge in [-0.2, -0.15) is 5.10 Å². The Kier molecular flexibility index (Phi) is 5.78. The molecule has 1 aliphatic rings. The number of nitrogens with zero attached hydrogens (tertiary/aromatic N) is 1. The summed E-state index contributed by atoms with van der Waals surface area (Å²) >= 11 is 0. The highest BCUT2D eigenvalue weighted by Gasteiger charge is 2.20. The van der Waals surface area contributed by atoms with Gasteiger partial charge in [0.2, 0.25) is 5.91 Å². The van der Waals surface area contributed by atoms with Crippen LogP contribution in [0.4, 0.5) is 0 Å². The summed E-state index contributed by atoms with van der Waals surface area (Å²) in [6.45, 7) is 3.98. The van der Waals surface area contributed by atoms with Gasteiger partial charge in [-0.15, -0.1) is 0 Å². The fraction of sp³-hybridized carbons (Fsp3) is 0.529. The Morgan fingerprint density at radius 1 is 1.33 bits per heavy atom. The average molecular weight is 288 g/mol. The van der Waals surface area contributed by atoms with Crippen molar-refractivity contribution in [1.82, 2.24) is 5.43 Å². The van der Waals surface area contributed by atoms with E-state index < -0.39 is 0 Å². The van der Waals surface area contributed by atoms with E-state index in [0.717, 1.165) is 37.0 Å². The molecule has 0 unspecified atom stereocenters. The molecule has 114 valence electrons. The minimum atomic E-state index is 0.0422. The highest BCUT2D eigenvalue weighted by Crippen LogP contribution is 2.23. The Hall–Kier alpha value is -1.84. The largest absolute Gasteiger partial charge is 0.491 e. The molecule has 4 heteroatoms. The Labute approximate surface area is 126 Å². The third kappa shape index (κ3) is 5.21. The van der Waals surface area contributed by atoms with Gasteiger partial charge in [-0.05, 0) is 44.4 Å². The van der Waals surface area contributed by atoms with E-state index in [1.807, 2.05) is 38.1 Å². The van der Waals surface area contributed by atoms with Gasteiger partial charge in [0.15, 0.2) is 0 Å². The smallest absolute Gasteiger partial charge is 0.243 e. The summed E-state index contributed by atoms with van der Waals surface area (Å²) in [6.07, 6.45) is 7.32. The van der Waals surface area contributed by atoms with Crippen molar-refractivity contribution in [3.8, 4) is 5.75 Å². The zero-order valence-corrected chi connectivity index (χ0v) is 12.8. The number of rotatable bonds is 5. The molecule has 1 aliphatic carbocycles. The van der Waals surface area contributed by atoms with Gasteiger partial charge in [-0.25, -0.2) is 5.43 Å². The number of ether oxygens (including phenoxy) is 1. The summed E-state index contributed by atoms with van der Waals surface area (Å²) in [5, 5.41) is 4.06. The molecule has 1 saturated carbocycles. The van der Waals surface area contributed by atoms with Gasteiger partial charge in [0, 0.05) is 5.92 Å². The predicted octanol–water partition coefficient (Wildman–Crippen LogP) is 3.50. The Morgan fingerprint density at radius 3 is 2.81 bits per heavy atom. The summed E-state index contributed by atoms with van der Waals surface area (Å²) in [6, 6.07) is 7.68. The van der Waals surface area contributed by atoms with E-state index in [2.05, 4.69) is 10.5 Å². The van der Waals surface area contributed by atoms with Crippen molar-refractivity contribution in [3.05, 3.63) is 29.8 Å². The van der Waals surface area contributed by atoms with Crippen molar-refractivity contribution in [2.45, 2.75) is 52.1 Å². The van der Waals surface area contributed by atoms with E-state index in [0.29, 0.717) is 0 Å². The number of amides is 1. The second kappa shape index (κ2) is 7.81. The van der Waals surface area contributed by atoms with Crippen LogP contribution in [-0.2, 0) is 4.79 Å². The Morgan fingerprint density at radius 2 is 2.10 bits per heavy atom. The van der Waals surface area contributed by atoms with E-state index in [9.17, 15) is 4.79 Å². The quantitative estimate of drug-likeness (QED) is 0.666. The lowest BCUT2D eigenvalue weighted by molar-refractivity contribution is -0.125. The van der Waals surface area contributed by atoms with E-state index in [1.165, 1.54) is 6.42 Å². The normalized spacial score (nSPS) is 16.3. The van der Waals surface area contributed by atoms with Crippen molar-refractivity contribution in [1.29, 1.82) is 0 Å². The molecule has 1 aromatic rings. The molecule has 0 aromatic heterocycles. The number of carbonyl (C=O) groups is 1. The van der Waals surface area contributed by atoms with Crippen LogP contribution >= 0.6 is 0 Å². The molecule has 1 aromatic carbocycles. The van der Waals surface area contributed by atoms with Gasteiger partial charge in [0.05, 0.1) is 12.3 Å². The van der Waals surface area contributed by atoms with Crippen LogP contribution in [0, 0.1) is 5.92 Å². The fourth-order valence-corrected chi connectivity index (χ4v) is 2.57. The molecule has 0 heterocycles. The summed E-state index contributed by atoms with van der Waals surface area (Å²) in [5.74, 6) is 0.986. The topological polar surface area (TPSA) is 50.7 Å². The standard InChI is InChI=1S/C17H24N2O2/c1-13(2)21-16-10-6-7-14(11-16)12-18-19-17(20)15-8-4-3-5-9-15/h6-7,10-13,15H,3-5,8-9H2,1-2H3,(H,19,20)/b18-12+. The second-order valence-electron chi connectivity index (χ2n) is 5.81. The van der Waals surface area contributed by atoms with Gasteiger partial charge in [-0.3, -0.25) is 4.79 Å². The molecular formula is C17H24N2O2. The lowest BCUT2D eigenvalue weighted by Gasteiger charge is -2.19. The Balaban J connectivity index is 1.87. The summed E-state index contributed by atoms with van der Waals surface area (Å²) in [4.78, 5) is 12.0. The van der Waals surface area contributed by atoms with Gasteiger partial charge >= 0.3 is 0 Å². The van der Waals surface area contributed by atoms with E-state index >= 15 is 0 Å². The molecule has 0 bridgehead atoms. The highest BCUT2D eigenvalue weighted by molar-refractivity contribution is 5.83. The SMILES string of the molecule is CC(C)Oc1cccc(/C=N/NC(=O)C2CCCCC2)c1. The first-order chi connectivity index (χ1) is 10.1. The van der Waals surface area contributed by atoms with Crippen molar-refractivity contribution in [2.75, 3.05) is 0 Å². The summed E-state index contributed by atoms with van der Waals surface area (Å²) in [5.41, 5.74) is 3.56. The minimum absolute atomic E-state index is 0.0422. The third-order valence-corrected chi connectivity index (χ3v) is 3.59. The molecule has 21 heavy (non-hydrogen) atoms. The molecule has 2 rings (SSSR count).